The van der Waals surface area contributed by atoms with E-state index in [1.165, 1.54) is 18.0 Å². The van der Waals surface area contributed by atoms with Gasteiger partial charge in [-0.3, -0.25) is 9.36 Å². The van der Waals surface area contributed by atoms with Crippen LogP contribution < -0.4 is 5.56 Å². The summed E-state index contributed by atoms with van der Waals surface area (Å²) < 4.78 is 3.59. The number of hydrogen-bond acceptors (Lipinski definition) is 6. The molecule has 1 N–H and O–H groups in total. The Labute approximate surface area is 181 Å². The first-order valence-corrected chi connectivity index (χ1v) is 10.4. The fourth-order valence-corrected chi connectivity index (χ4v) is 4.05. The summed E-state index contributed by atoms with van der Waals surface area (Å²) in [6, 6.07) is 19.4. The number of nitrogens with one attached hydrogen (secondary N) is 1. The maximum atomic E-state index is 12.7. The fourth-order valence-electron chi connectivity index (χ4n) is 3.25. The number of allylic oxidation sites excluding steroid dienone is 1. The molecule has 2 aromatic carbocycles. The maximum absolute atomic E-state index is 12.7. The number of hydrogen-bond donors (Lipinski definition) is 1. The van der Waals surface area contributed by atoms with E-state index in [-0.39, 0.29) is 5.56 Å². The molecule has 8 nitrogen and oxygen atoms in total. The molecule has 0 fully saturated rings. The molecule has 0 spiro atoms. The first-order chi connectivity index (χ1) is 15.2. The van der Waals surface area contributed by atoms with Crippen LogP contribution in [0.4, 0.5) is 0 Å². The van der Waals surface area contributed by atoms with E-state index >= 15 is 0 Å². The van der Waals surface area contributed by atoms with Gasteiger partial charge in [-0.15, -0.1) is 16.8 Å². The van der Waals surface area contributed by atoms with Crippen molar-refractivity contribution in [2.75, 3.05) is 0 Å². The Morgan fingerprint density at radius 3 is 2.52 bits per heavy atom. The molecular formula is C22H17N7OS. The van der Waals surface area contributed by atoms with Crippen molar-refractivity contribution >= 4 is 22.8 Å². The molecule has 0 aliphatic heterocycles. The summed E-state index contributed by atoms with van der Waals surface area (Å²) in [6.07, 6.45) is 3.31. The standard InChI is InChI=1S/C22H17N7OS/c1-2-13-28-18(15-9-5-3-6-10-15)26-27-22(28)31-21-24-19-17(20(30)25-21)14-23-29(19)16-11-7-4-8-12-16/h2-12,14H,1,13H2,(H,24,25,30). The molecule has 0 saturated heterocycles. The van der Waals surface area contributed by atoms with Gasteiger partial charge in [-0.2, -0.15) is 5.10 Å². The first kappa shape index (κ1) is 19.0. The number of aromatic nitrogens is 7. The summed E-state index contributed by atoms with van der Waals surface area (Å²) in [5.74, 6) is 0.723. The number of fused-ring (bicyclic) bond motifs is 1. The Hall–Kier alpha value is -3.98. The highest BCUT2D eigenvalue weighted by atomic mass is 32.2. The lowest BCUT2D eigenvalue weighted by atomic mass is 10.2. The van der Waals surface area contributed by atoms with Crippen molar-refractivity contribution in [1.29, 1.82) is 0 Å². The molecular weight excluding hydrogens is 410 g/mol. The lowest BCUT2D eigenvalue weighted by molar-refractivity contribution is 0.728. The third-order valence-corrected chi connectivity index (χ3v) is 5.54. The van der Waals surface area contributed by atoms with E-state index in [2.05, 4.69) is 31.8 Å². The highest BCUT2D eigenvalue weighted by Gasteiger charge is 2.17. The Morgan fingerprint density at radius 2 is 1.77 bits per heavy atom. The maximum Gasteiger partial charge on any atom is 0.262 e. The smallest absolute Gasteiger partial charge is 0.262 e. The Kier molecular flexibility index (Phi) is 4.93. The van der Waals surface area contributed by atoms with E-state index in [4.69, 9.17) is 0 Å². The van der Waals surface area contributed by atoms with Crippen molar-refractivity contribution in [1.82, 2.24) is 34.5 Å². The van der Waals surface area contributed by atoms with Crippen molar-refractivity contribution in [3.05, 3.63) is 89.9 Å². The lowest BCUT2D eigenvalue weighted by Crippen LogP contribution is -2.10. The second kappa shape index (κ2) is 8.04. The minimum absolute atomic E-state index is 0.257. The number of rotatable bonds is 6. The molecule has 0 atom stereocenters. The van der Waals surface area contributed by atoms with Gasteiger partial charge in [0.15, 0.2) is 21.8 Å². The van der Waals surface area contributed by atoms with Crippen molar-refractivity contribution < 1.29 is 0 Å². The zero-order valence-corrected chi connectivity index (χ0v) is 17.2. The Balaban J connectivity index is 1.58. The van der Waals surface area contributed by atoms with Crippen LogP contribution >= 0.6 is 11.8 Å². The second-order valence-corrected chi connectivity index (χ2v) is 7.63. The first-order valence-electron chi connectivity index (χ1n) is 9.55. The molecule has 0 unspecified atom stereocenters. The molecule has 0 aliphatic carbocycles. The highest BCUT2D eigenvalue weighted by Crippen LogP contribution is 2.28. The highest BCUT2D eigenvalue weighted by molar-refractivity contribution is 7.99. The fraction of sp³-hybridized carbons (Fsp3) is 0.0455. The summed E-state index contributed by atoms with van der Waals surface area (Å²) in [4.78, 5) is 20.1. The predicted octanol–water partition coefficient (Wildman–Crippen LogP) is 3.70. The molecule has 5 aromatic rings. The van der Waals surface area contributed by atoms with E-state index < -0.39 is 0 Å². The van der Waals surface area contributed by atoms with Gasteiger partial charge in [0.1, 0.15) is 5.39 Å². The van der Waals surface area contributed by atoms with E-state index in [1.807, 2.05) is 65.2 Å². The van der Waals surface area contributed by atoms with Crippen molar-refractivity contribution in [3.8, 4) is 17.1 Å². The Bertz CT molecular complexity index is 1420. The van der Waals surface area contributed by atoms with Gasteiger partial charge in [0.25, 0.3) is 5.56 Å². The normalized spacial score (nSPS) is 11.1. The van der Waals surface area contributed by atoms with Crippen LogP contribution in [0.1, 0.15) is 0 Å². The van der Waals surface area contributed by atoms with Crippen molar-refractivity contribution in [3.63, 3.8) is 0 Å². The molecule has 5 rings (SSSR count). The number of para-hydroxylation sites is 1. The third-order valence-electron chi connectivity index (χ3n) is 4.67. The van der Waals surface area contributed by atoms with Crippen LogP contribution in [0.2, 0.25) is 0 Å². The summed E-state index contributed by atoms with van der Waals surface area (Å²) in [7, 11) is 0. The van der Waals surface area contributed by atoms with Gasteiger partial charge in [0.05, 0.1) is 11.9 Å². The van der Waals surface area contributed by atoms with Gasteiger partial charge < -0.3 is 4.98 Å². The molecule has 0 saturated carbocycles. The molecule has 31 heavy (non-hydrogen) atoms. The molecule has 152 valence electrons. The zero-order chi connectivity index (χ0) is 21.2. The van der Waals surface area contributed by atoms with Crippen molar-refractivity contribution in [2.45, 2.75) is 16.9 Å². The summed E-state index contributed by atoms with van der Waals surface area (Å²) >= 11 is 1.24. The lowest BCUT2D eigenvalue weighted by Gasteiger charge is -2.08. The molecule has 9 heteroatoms. The van der Waals surface area contributed by atoms with Crippen LogP contribution in [0.25, 0.3) is 28.1 Å². The number of nitrogens with zero attached hydrogens (tertiary/aromatic N) is 6. The minimum atomic E-state index is -0.257. The van der Waals surface area contributed by atoms with Crippen LogP contribution in [-0.2, 0) is 6.54 Å². The van der Waals surface area contributed by atoms with Crippen LogP contribution in [0, 0.1) is 0 Å². The number of benzene rings is 2. The SMILES string of the molecule is C=CCn1c(Sc2nc3c(cnn3-c3ccccc3)c(=O)[nH]2)nnc1-c1ccccc1. The number of aromatic amines is 1. The largest absolute Gasteiger partial charge is 0.300 e. The molecule has 3 aromatic heterocycles. The van der Waals surface area contributed by atoms with Crippen LogP contribution in [-0.4, -0.2) is 34.5 Å². The monoisotopic (exact) mass is 427 g/mol. The van der Waals surface area contributed by atoms with E-state index in [9.17, 15) is 4.79 Å². The topological polar surface area (TPSA) is 94.3 Å². The molecule has 3 heterocycles. The Morgan fingerprint density at radius 1 is 1.03 bits per heavy atom. The van der Waals surface area contributed by atoms with Crippen molar-refractivity contribution in [2.24, 2.45) is 0 Å². The van der Waals surface area contributed by atoms with Crippen LogP contribution in [0.15, 0.2) is 94.6 Å². The second-order valence-electron chi connectivity index (χ2n) is 6.67. The molecule has 0 bridgehead atoms. The summed E-state index contributed by atoms with van der Waals surface area (Å²) in [5.41, 5.74) is 2.00. The van der Waals surface area contributed by atoms with Gasteiger partial charge in [0, 0.05) is 12.1 Å². The van der Waals surface area contributed by atoms with E-state index in [1.54, 1.807) is 10.8 Å². The van der Waals surface area contributed by atoms with Gasteiger partial charge >= 0.3 is 0 Å². The quantitative estimate of drug-likeness (QED) is 0.328. The van der Waals surface area contributed by atoms with Crippen LogP contribution in [0.5, 0.6) is 0 Å². The molecule has 0 radical (unpaired) electrons. The minimum Gasteiger partial charge on any atom is -0.300 e. The van der Waals surface area contributed by atoms with Gasteiger partial charge in [-0.05, 0) is 23.9 Å². The van der Waals surface area contributed by atoms with Gasteiger partial charge in [0.2, 0.25) is 0 Å². The van der Waals surface area contributed by atoms with Gasteiger partial charge in [-0.1, -0.05) is 54.6 Å². The average molecular weight is 427 g/mol. The van der Waals surface area contributed by atoms with Crippen LogP contribution in [0.3, 0.4) is 0 Å². The van der Waals surface area contributed by atoms with Gasteiger partial charge in [-0.25, -0.2) is 9.67 Å². The van der Waals surface area contributed by atoms with E-state index in [0.717, 1.165) is 17.1 Å². The molecule has 0 amide bonds. The molecule has 0 aliphatic rings. The van der Waals surface area contributed by atoms with E-state index in [0.29, 0.717) is 27.9 Å². The summed E-state index contributed by atoms with van der Waals surface area (Å²) in [6.45, 7) is 4.36. The third kappa shape index (κ3) is 3.55. The number of H-pyrrole nitrogens is 1. The predicted molar refractivity (Wildman–Crippen MR) is 119 cm³/mol. The summed E-state index contributed by atoms with van der Waals surface area (Å²) in [5, 5.41) is 14.5. The average Bonchev–Trinajstić information content (AvgIpc) is 3.40. The zero-order valence-electron chi connectivity index (χ0n) is 16.3.